The van der Waals surface area contributed by atoms with Crippen LogP contribution in [0.1, 0.15) is 32.4 Å². The molecule has 2 aromatic heterocycles. The van der Waals surface area contributed by atoms with Crippen molar-refractivity contribution in [1.82, 2.24) is 25.0 Å². The Morgan fingerprint density at radius 1 is 1.25 bits per heavy atom. The molecule has 0 unspecified atom stereocenters. The van der Waals surface area contributed by atoms with E-state index >= 15 is 0 Å². The third-order valence-corrected chi connectivity index (χ3v) is 5.91. The van der Waals surface area contributed by atoms with Crippen LogP contribution in [0.3, 0.4) is 0 Å². The number of carbonyl (C=O) groups is 1. The van der Waals surface area contributed by atoms with Gasteiger partial charge in [0.25, 0.3) is 0 Å². The second-order valence-electron chi connectivity index (χ2n) is 8.73. The lowest BCUT2D eigenvalue weighted by Gasteiger charge is -2.29. The zero-order valence-corrected chi connectivity index (χ0v) is 17.4. The summed E-state index contributed by atoms with van der Waals surface area (Å²) in [5.74, 6) is 0.488. The first-order valence-corrected chi connectivity index (χ1v) is 10.2. The van der Waals surface area contributed by atoms with Crippen LogP contribution in [-0.4, -0.2) is 51.9 Å². The Hall–Kier alpha value is -2.12. The van der Waals surface area contributed by atoms with Gasteiger partial charge in [0.2, 0.25) is 0 Å². The molecule has 2 aromatic rings. The zero-order valence-electron chi connectivity index (χ0n) is 16.6. The van der Waals surface area contributed by atoms with Gasteiger partial charge in [0.05, 0.1) is 11.2 Å². The monoisotopic (exact) mass is 402 g/mol. The van der Waals surface area contributed by atoms with Crippen molar-refractivity contribution in [3.05, 3.63) is 29.2 Å². The lowest BCUT2D eigenvalue weighted by molar-refractivity contribution is 0.221. The average Bonchev–Trinajstić information content (AvgIpc) is 3.13. The van der Waals surface area contributed by atoms with Crippen LogP contribution in [0.25, 0.3) is 11.1 Å². The topological polar surface area (TPSA) is 75.1 Å². The van der Waals surface area contributed by atoms with Crippen molar-refractivity contribution in [2.45, 2.75) is 45.7 Å². The molecule has 7 nitrogen and oxygen atoms in total. The van der Waals surface area contributed by atoms with Gasteiger partial charge in [-0.3, -0.25) is 10.00 Å². The maximum absolute atomic E-state index is 12.4. The quantitative estimate of drug-likeness (QED) is 0.825. The highest BCUT2D eigenvalue weighted by atomic mass is 35.5. The number of fused-ring (bicyclic) bond motifs is 1. The van der Waals surface area contributed by atoms with Gasteiger partial charge >= 0.3 is 6.03 Å². The summed E-state index contributed by atoms with van der Waals surface area (Å²) in [6.07, 6.45) is 6.31. The molecule has 8 heteroatoms. The van der Waals surface area contributed by atoms with Gasteiger partial charge in [-0.2, -0.15) is 5.10 Å². The lowest BCUT2D eigenvalue weighted by Crippen LogP contribution is -2.44. The predicted molar refractivity (Wildman–Crippen MR) is 111 cm³/mol. The lowest BCUT2D eigenvalue weighted by atomic mass is 9.89. The van der Waals surface area contributed by atoms with E-state index in [2.05, 4.69) is 46.5 Å². The Kier molecular flexibility index (Phi) is 5.05. The fourth-order valence-corrected chi connectivity index (χ4v) is 4.28. The summed E-state index contributed by atoms with van der Waals surface area (Å²) in [5, 5.41) is 11.0. The van der Waals surface area contributed by atoms with Gasteiger partial charge in [-0.15, -0.1) is 0 Å². The summed E-state index contributed by atoms with van der Waals surface area (Å²) in [6, 6.07) is 1.81. The van der Waals surface area contributed by atoms with E-state index in [-0.39, 0.29) is 17.5 Å². The molecule has 0 aliphatic carbocycles. The van der Waals surface area contributed by atoms with Crippen LogP contribution in [0.15, 0.2) is 18.5 Å². The van der Waals surface area contributed by atoms with E-state index in [1.807, 2.05) is 16.9 Å². The van der Waals surface area contributed by atoms with Crippen molar-refractivity contribution in [2.24, 2.45) is 5.41 Å². The van der Waals surface area contributed by atoms with Crippen molar-refractivity contribution in [3.63, 3.8) is 0 Å². The number of piperidine rings is 1. The normalized spacial score (nSPS) is 19.4. The number of halogens is 1. The highest BCUT2D eigenvalue weighted by Gasteiger charge is 2.32. The van der Waals surface area contributed by atoms with Gasteiger partial charge in [0.1, 0.15) is 5.82 Å². The molecule has 0 bridgehead atoms. The van der Waals surface area contributed by atoms with Crippen molar-refractivity contribution >= 4 is 23.4 Å². The molecule has 150 valence electrons. The molecule has 28 heavy (non-hydrogen) atoms. The molecule has 4 heterocycles. The Bertz CT molecular complexity index is 885. The number of nitrogens with one attached hydrogen (secondary N) is 2. The van der Waals surface area contributed by atoms with Gasteiger partial charge < -0.3 is 10.2 Å². The molecule has 1 fully saturated rings. The van der Waals surface area contributed by atoms with Crippen LogP contribution in [-0.2, 0) is 13.0 Å². The molecule has 4 rings (SSSR count). The third-order valence-electron chi connectivity index (χ3n) is 5.61. The molecule has 0 saturated carbocycles. The third kappa shape index (κ3) is 4.00. The van der Waals surface area contributed by atoms with Crippen LogP contribution < -0.4 is 10.6 Å². The highest BCUT2D eigenvalue weighted by Crippen LogP contribution is 2.39. The number of urea groups is 1. The number of likely N-dealkylation sites (tertiary alicyclic amines) is 1. The van der Waals surface area contributed by atoms with E-state index in [9.17, 15) is 4.79 Å². The van der Waals surface area contributed by atoms with Crippen molar-refractivity contribution in [2.75, 3.05) is 25.5 Å². The largest absolute Gasteiger partial charge is 0.335 e. The predicted octanol–water partition coefficient (Wildman–Crippen LogP) is 3.40. The summed E-state index contributed by atoms with van der Waals surface area (Å²) in [6.45, 7) is 7.36. The summed E-state index contributed by atoms with van der Waals surface area (Å²) in [5.41, 5.74) is 3.23. The van der Waals surface area contributed by atoms with Crippen LogP contribution in [0.2, 0.25) is 5.02 Å². The molecule has 0 radical (unpaired) electrons. The van der Waals surface area contributed by atoms with Gasteiger partial charge in [0, 0.05) is 35.6 Å². The van der Waals surface area contributed by atoms with E-state index in [4.69, 9.17) is 11.6 Å². The summed E-state index contributed by atoms with van der Waals surface area (Å²) in [7, 11) is 2.10. The Morgan fingerprint density at radius 3 is 2.75 bits per heavy atom. The standard InChI is InChI=1S/C20H27ClN6O/c1-20(2)9-17-15(10-23-27(17)12-20)14-8-18(22-11-16(14)21)25-19(28)24-13-4-6-26(3)7-5-13/h8,10-11,13H,4-7,9,12H2,1-3H3,(H2,22,24,25,28). The minimum absolute atomic E-state index is 0.187. The first-order valence-electron chi connectivity index (χ1n) is 9.77. The summed E-state index contributed by atoms with van der Waals surface area (Å²) >= 11 is 6.43. The summed E-state index contributed by atoms with van der Waals surface area (Å²) < 4.78 is 2.05. The second-order valence-corrected chi connectivity index (χ2v) is 9.14. The Labute approximate surface area is 170 Å². The minimum Gasteiger partial charge on any atom is -0.335 e. The molecule has 1 saturated heterocycles. The number of amides is 2. The van der Waals surface area contributed by atoms with Gasteiger partial charge in [-0.1, -0.05) is 25.4 Å². The first kappa shape index (κ1) is 19.2. The molecule has 0 aromatic carbocycles. The fraction of sp³-hybridized carbons (Fsp3) is 0.550. The molecule has 2 aliphatic heterocycles. The molecule has 0 atom stereocenters. The second kappa shape index (κ2) is 7.37. The molecular weight excluding hydrogens is 376 g/mol. The molecule has 2 amide bonds. The Morgan fingerprint density at radius 2 is 2.00 bits per heavy atom. The summed E-state index contributed by atoms with van der Waals surface area (Å²) in [4.78, 5) is 18.9. The maximum atomic E-state index is 12.4. The SMILES string of the molecule is CN1CCC(NC(=O)Nc2cc(-c3cnn4c3CC(C)(C)C4)c(Cl)cn2)CC1. The van der Waals surface area contributed by atoms with Crippen molar-refractivity contribution < 1.29 is 4.79 Å². The number of pyridine rings is 1. The van der Waals surface area contributed by atoms with Crippen LogP contribution in [0.5, 0.6) is 0 Å². The Balaban J connectivity index is 1.49. The maximum Gasteiger partial charge on any atom is 0.320 e. The molecule has 2 N–H and O–H groups in total. The molecular formula is C20H27ClN6O. The number of carbonyl (C=O) groups excluding carboxylic acids is 1. The van der Waals surface area contributed by atoms with Gasteiger partial charge in [-0.05, 0) is 50.9 Å². The molecule has 2 aliphatic rings. The van der Waals surface area contributed by atoms with E-state index in [0.29, 0.717) is 10.8 Å². The van der Waals surface area contributed by atoms with Gasteiger partial charge in [0.15, 0.2) is 0 Å². The van der Waals surface area contributed by atoms with Crippen LogP contribution in [0, 0.1) is 5.41 Å². The van der Waals surface area contributed by atoms with Crippen molar-refractivity contribution in [3.8, 4) is 11.1 Å². The average molecular weight is 403 g/mol. The number of rotatable bonds is 3. The number of hydrogen-bond acceptors (Lipinski definition) is 4. The van der Waals surface area contributed by atoms with Gasteiger partial charge in [-0.25, -0.2) is 9.78 Å². The molecule has 0 spiro atoms. The minimum atomic E-state index is -0.225. The first-order chi connectivity index (χ1) is 13.3. The smallest absolute Gasteiger partial charge is 0.320 e. The zero-order chi connectivity index (χ0) is 19.9. The number of anilines is 1. The van der Waals surface area contributed by atoms with E-state index in [0.717, 1.165) is 50.0 Å². The number of aromatic nitrogens is 3. The van der Waals surface area contributed by atoms with Crippen LogP contribution in [0.4, 0.5) is 10.6 Å². The number of hydrogen-bond donors (Lipinski definition) is 2. The number of nitrogens with zero attached hydrogens (tertiary/aromatic N) is 4. The fourth-order valence-electron chi connectivity index (χ4n) is 4.08. The van der Waals surface area contributed by atoms with Crippen LogP contribution >= 0.6 is 11.6 Å². The van der Waals surface area contributed by atoms with E-state index < -0.39 is 0 Å². The highest BCUT2D eigenvalue weighted by molar-refractivity contribution is 6.33. The van der Waals surface area contributed by atoms with E-state index in [1.54, 1.807) is 6.20 Å². The van der Waals surface area contributed by atoms with Crippen molar-refractivity contribution in [1.29, 1.82) is 0 Å². The van der Waals surface area contributed by atoms with E-state index in [1.165, 1.54) is 5.69 Å².